The molecule has 29 unspecified atom stereocenters. The van der Waals surface area contributed by atoms with Crippen LogP contribution < -0.4 is 5.32 Å². The van der Waals surface area contributed by atoms with Crippen LogP contribution >= 0.6 is 0 Å². The number of aldehydes is 1. The molecule has 0 aromatic heterocycles. The Hall–Kier alpha value is -1.94. The van der Waals surface area contributed by atoms with Crippen LogP contribution in [0.25, 0.3) is 0 Å². The topological polar surface area (TPSA) is 482 Å². The molecule has 0 radical (unpaired) electrons. The summed E-state index contributed by atoms with van der Waals surface area (Å²) in [7, 11) is 0. The monoisotopic (exact) mass is 999 g/mol. The van der Waals surface area contributed by atoms with E-state index in [9.17, 15) is 96.4 Å². The Bertz CT molecular complexity index is 1580. The molecule has 0 saturated carbocycles. The second-order valence-electron chi connectivity index (χ2n) is 17.1. The summed E-state index contributed by atoms with van der Waals surface area (Å²) >= 11 is 0. The quantitative estimate of drug-likeness (QED) is 0.0534. The Kier molecular flexibility index (Phi) is 20.7. The zero-order chi connectivity index (χ0) is 50.6. The third kappa shape index (κ3) is 12.3. The van der Waals surface area contributed by atoms with Crippen molar-refractivity contribution in [3.8, 4) is 0 Å². The maximum atomic E-state index is 13.1. The molecule has 0 bridgehead atoms. The molecule has 5 saturated heterocycles. The Morgan fingerprint density at radius 2 is 1.00 bits per heavy atom. The van der Waals surface area contributed by atoms with E-state index in [1.165, 1.54) is 13.8 Å². The van der Waals surface area contributed by atoms with Crippen LogP contribution in [-0.2, 0) is 57.0 Å². The summed E-state index contributed by atoms with van der Waals surface area (Å²) in [4.78, 5) is 24.3. The molecule has 5 heterocycles. The van der Waals surface area contributed by atoms with E-state index in [0.717, 1.165) is 6.92 Å². The third-order valence-electron chi connectivity index (χ3n) is 12.3. The molecule has 1 amide bonds. The summed E-state index contributed by atoms with van der Waals surface area (Å²) in [6, 6.07) is -1.90. The molecule has 0 aliphatic carbocycles. The molecule has 30 heteroatoms. The standard InChI is InChI=1S/C38H65NO29/c1-9-18(48)23(53)26(56)35(59-9)65-30-16(8-44)63-34(67-32-22(52)15(7-43)61-37(28(32)58)64-29(13(47)5-41)20(50)12(46)4-40)17(39-11(3)45)31(30)66-38-33(25(55)21(51)14(6-42)62-38)68-36-27(57)24(54)19(49)10(2)60-36/h4,9-10,12-38,41-44,46-58H,5-8H2,1-3H3,(H,39,45). The fourth-order valence-corrected chi connectivity index (χ4v) is 8.32. The molecule has 5 aliphatic rings. The minimum absolute atomic E-state index is 0.138. The molecule has 18 N–H and O–H groups in total. The van der Waals surface area contributed by atoms with Gasteiger partial charge in [0.15, 0.2) is 37.7 Å². The largest absolute Gasteiger partial charge is 0.394 e. The lowest BCUT2D eigenvalue weighted by Gasteiger charge is -2.52. The Morgan fingerprint density at radius 3 is 1.50 bits per heavy atom. The number of aliphatic hydroxyl groups is 17. The van der Waals surface area contributed by atoms with E-state index in [1.54, 1.807) is 0 Å². The van der Waals surface area contributed by atoms with Crippen molar-refractivity contribution < 1.29 is 144 Å². The second kappa shape index (κ2) is 24.7. The highest BCUT2D eigenvalue weighted by atomic mass is 16.8. The minimum Gasteiger partial charge on any atom is -0.394 e. The maximum Gasteiger partial charge on any atom is 0.217 e. The van der Waals surface area contributed by atoms with Gasteiger partial charge in [0.2, 0.25) is 5.91 Å². The van der Waals surface area contributed by atoms with Gasteiger partial charge in [-0.1, -0.05) is 0 Å². The van der Waals surface area contributed by atoms with Crippen LogP contribution in [0.2, 0.25) is 0 Å². The van der Waals surface area contributed by atoms with Gasteiger partial charge < -0.3 is 144 Å². The van der Waals surface area contributed by atoms with Crippen molar-refractivity contribution in [1.29, 1.82) is 0 Å². The molecule has 68 heavy (non-hydrogen) atoms. The van der Waals surface area contributed by atoms with Crippen LogP contribution in [0.15, 0.2) is 0 Å². The minimum atomic E-state index is -2.29. The van der Waals surface area contributed by atoms with Gasteiger partial charge in [-0.05, 0) is 13.8 Å². The van der Waals surface area contributed by atoms with Crippen molar-refractivity contribution in [2.75, 3.05) is 26.4 Å². The first-order valence-electron chi connectivity index (χ1n) is 21.6. The van der Waals surface area contributed by atoms with Gasteiger partial charge in [0.25, 0.3) is 0 Å². The number of hydrogen-bond donors (Lipinski definition) is 18. The number of hydrogen-bond acceptors (Lipinski definition) is 29. The molecule has 5 fully saturated rings. The van der Waals surface area contributed by atoms with Gasteiger partial charge in [-0.2, -0.15) is 0 Å². The summed E-state index contributed by atoms with van der Waals surface area (Å²) < 4.78 is 58.3. The first-order valence-corrected chi connectivity index (χ1v) is 21.6. The van der Waals surface area contributed by atoms with E-state index in [0.29, 0.717) is 0 Å². The summed E-state index contributed by atoms with van der Waals surface area (Å²) in [5.41, 5.74) is 0. The van der Waals surface area contributed by atoms with Crippen LogP contribution in [0, 0.1) is 0 Å². The molecule has 29 atom stereocenters. The summed E-state index contributed by atoms with van der Waals surface area (Å²) in [6.07, 6.45) is -54.3. The van der Waals surface area contributed by atoms with Crippen molar-refractivity contribution in [2.45, 2.75) is 199 Å². The lowest BCUT2D eigenvalue weighted by Crippen LogP contribution is -2.71. The normalized spacial score (nSPS) is 47.7. The van der Waals surface area contributed by atoms with Gasteiger partial charge in [-0.15, -0.1) is 0 Å². The van der Waals surface area contributed by atoms with Crippen LogP contribution in [0.4, 0.5) is 0 Å². The molecular formula is C38H65NO29. The molecule has 5 rings (SSSR count). The first kappa shape index (κ1) is 57.0. The molecule has 0 spiro atoms. The number of carbonyl (C=O) groups excluding carboxylic acids is 2. The number of carbonyl (C=O) groups is 2. The molecule has 0 aromatic carbocycles. The van der Waals surface area contributed by atoms with Crippen molar-refractivity contribution in [3.63, 3.8) is 0 Å². The number of ether oxygens (including phenoxy) is 10. The lowest BCUT2D eigenvalue weighted by atomic mass is 9.93. The maximum absolute atomic E-state index is 13.1. The van der Waals surface area contributed by atoms with Gasteiger partial charge >= 0.3 is 0 Å². The van der Waals surface area contributed by atoms with Gasteiger partial charge in [-0.25, -0.2) is 0 Å². The molecule has 0 aromatic rings. The zero-order valence-electron chi connectivity index (χ0n) is 36.7. The fourth-order valence-electron chi connectivity index (χ4n) is 8.32. The smallest absolute Gasteiger partial charge is 0.217 e. The van der Waals surface area contributed by atoms with E-state index in [2.05, 4.69) is 5.32 Å². The van der Waals surface area contributed by atoms with Crippen LogP contribution in [0.5, 0.6) is 0 Å². The van der Waals surface area contributed by atoms with Crippen molar-refractivity contribution in [3.05, 3.63) is 0 Å². The Labute approximate surface area is 386 Å². The summed E-state index contributed by atoms with van der Waals surface area (Å²) in [6.45, 7) is -0.737. The van der Waals surface area contributed by atoms with E-state index >= 15 is 0 Å². The van der Waals surface area contributed by atoms with Crippen molar-refractivity contribution >= 4 is 12.2 Å². The molecule has 30 nitrogen and oxygen atoms in total. The van der Waals surface area contributed by atoms with Crippen LogP contribution in [-0.4, -0.2) is 303 Å². The Balaban J connectivity index is 1.58. The zero-order valence-corrected chi connectivity index (χ0v) is 36.7. The van der Waals surface area contributed by atoms with Gasteiger partial charge in [0.05, 0.1) is 38.6 Å². The highest BCUT2D eigenvalue weighted by molar-refractivity contribution is 5.73. The van der Waals surface area contributed by atoms with Gasteiger partial charge in [0.1, 0.15) is 134 Å². The van der Waals surface area contributed by atoms with Crippen LogP contribution in [0.1, 0.15) is 20.8 Å². The van der Waals surface area contributed by atoms with Crippen LogP contribution in [0.3, 0.4) is 0 Å². The lowest BCUT2D eigenvalue weighted by molar-refractivity contribution is -0.399. The molecule has 5 aliphatic heterocycles. The summed E-state index contributed by atoms with van der Waals surface area (Å²) in [5.74, 6) is -0.921. The second-order valence-corrected chi connectivity index (χ2v) is 17.1. The number of nitrogens with one attached hydrogen (secondary N) is 1. The predicted octanol–water partition coefficient (Wildman–Crippen LogP) is -12.1. The fraction of sp³-hybridized carbons (Fsp3) is 0.947. The predicted molar refractivity (Wildman–Crippen MR) is 209 cm³/mol. The highest BCUT2D eigenvalue weighted by Gasteiger charge is 2.58. The van der Waals surface area contributed by atoms with Gasteiger partial charge in [-0.3, -0.25) is 4.79 Å². The third-order valence-corrected chi connectivity index (χ3v) is 12.3. The summed E-state index contributed by atoms with van der Waals surface area (Å²) in [5, 5.41) is 183. The number of aliphatic hydroxyl groups excluding tert-OH is 17. The highest BCUT2D eigenvalue weighted by Crippen LogP contribution is 2.37. The van der Waals surface area contributed by atoms with E-state index < -0.39 is 210 Å². The van der Waals surface area contributed by atoms with Crippen molar-refractivity contribution in [1.82, 2.24) is 5.32 Å². The first-order chi connectivity index (χ1) is 32.0. The van der Waals surface area contributed by atoms with E-state index in [4.69, 9.17) is 47.4 Å². The SMILES string of the molecule is CC(=O)NC1C(OC2C(O)C(CO)OC(OC(C(O)CO)C(O)C(O)C=O)C2O)OC(CO)C(OC2OC(C)C(O)C(O)C2O)C1OC1OC(CO)C(O)C(O)C1OC1OC(C)C(O)C(O)C1O. The molecular weight excluding hydrogens is 934 g/mol. The number of amides is 1. The average molecular weight is 1000 g/mol. The Morgan fingerprint density at radius 1 is 0.529 bits per heavy atom. The van der Waals surface area contributed by atoms with E-state index in [1.807, 2.05) is 0 Å². The molecule has 396 valence electrons. The average Bonchev–Trinajstić information content (AvgIpc) is 3.31. The van der Waals surface area contributed by atoms with Gasteiger partial charge in [0, 0.05) is 6.92 Å². The number of rotatable bonds is 19. The van der Waals surface area contributed by atoms with Crippen molar-refractivity contribution in [2.24, 2.45) is 0 Å². The van der Waals surface area contributed by atoms with E-state index in [-0.39, 0.29) is 6.29 Å².